The first-order chi connectivity index (χ1) is 16.3. The van der Waals surface area contributed by atoms with Crippen LogP contribution < -0.4 is 10.6 Å². The molecule has 0 bridgehead atoms. The van der Waals surface area contributed by atoms with E-state index in [0.717, 1.165) is 12.7 Å². The number of methoxy groups -OCH3 is 1. The van der Waals surface area contributed by atoms with Gasteiger partial charge in [-0.25, -0.2) is 4.79 Å². The number of aliphatic hydroxyl groups excluding tert-OH is 1. The molecular formula is C25H34N2O7. The first kappa shape index (κ1) is 28.6. The molecule has 9 heteroatoms. The number of benzene rings is 1. The topological polar surface area (TPSA) is 131 Å². The summed E-state index contributed by atoms with van der Waals surface area (Å²) in [5.74, 6) is -4.49. The number of amides is 2. The molecule has 9 nitrogen and oxygen atoms in total. The third-order valence-electron chi connectivity index (χ3n) is 5.00. The highest BCUT2D eigenvalue weighted by Gasteiger charge is 2.32. The summed E-state index contributed by atoms with van der Waals surface area (Å²) in [5.41, 5.74) is 0.944. The molecule has 1 aromatic carbocycles. The van der Waals surface area contributed by atoms with Crippen molar-refractivity contribution in [3.8, 4) is 0 Å². The summed E-state index contributed by atoms with van der Waals surface area (Å²) in [7, 11) is 1.14. The normalized spacial score (nSPS) is 14.0. The van der Waals surface area contributed by atoms with Crippen molar-refractivity contribution in [3.63, 3.8) is 0 Å². The van der Waals surface area contributed by atoms with E-state index in [2.05, 4.69) is 23.8 Å². The zero-order valence-electron chi connectivity index (χ0n) is 19.7. The first-order valence-corrected chi connectivity index (χ1v) is 11.0. The number of carbonyl (C=O) groups is 4. The van der Waals surface area contributed by atoms with E-state index in [4.69, 9.17) is 14.6 Å². The minimum atomic E-state index is -1.31. The van der Waals surface area contributed by atoms with E-state index >= 15 is 0 Å². The second-order valence-electron chi connectivity index (χ2n) is 7.79. The van der Waals surface area contributed by atoms with Crippen molar-refractivity contribution in [1.82, 2.24) is 10.6 Å². The second kappa shape index (κ2) is 15.4. The van der Waals surface area contributed by atoms with E-state index < -0.39 is 54.3 Å². The highest BCUT2D eigenvalue weighted by molar-refractivity contribution is 6.01. The average Bonchev–Trinajstić information content (AvgIpc) is 2.84. The van der Waals surface area contributed by atoms with Crippen LogP contribution in [0.25, 0.3) is 0 Å². The number of allylic oxidation sites excluding steroid dienone is 2. The number of esters is 2. The van der Waals surface area contributed by atoms with Gasteiger partial charge in [0.25, 0.3) is 0 Å². The largest absolute Gasteiger partial charge is 0.467 e. The lowest BCUT2D eigenvalue weighted by atomic mass is 9.96. The molecule has 0 saturated carbocycles. The standard InChI is InChI=1S/C25H34N2O7/c1-5-10-19(14-18-12-8-7-9-13-18)24(31)34-16-21(25(32)33-4)27-23(30)20(11-6-2)22(29)26-17(3)15-28/h5-9,12-13,17,19-21,28H,1-2,10-11,14-16H2,3-4H3,(H,26,29)(H,27,30)/t17-,19-,20?,21+/m0/s1. The van der Waals surface area contributed by atoms with Crippen LogP contribution in [0.1, 0.15) is 25.3 Å². The summed E-state index contributed by atoms with van der Waals surface area (Å²) in [4.78, 5) is 50.1. The van der Waals surface area contributed by atoms with E-state index in [0.29, 0.717) is 12.8 Å². The molecule has 0 aliphatic carbocycles. The maximum atomic E-state index is 12.8. The maximum Gasteiger partial charge on any atom is 0.331 e. The van der Waals surface area contributed by atoms with Crippen molar-refractivity contribution in [2.75, 3.05) is 20.3 Å². The third kappa shape index (κ3) is 9.58. The Hall–Kier alpha value is -3.46. The van der Waals surface area contributed by atoms with Crippen LogP contribution in [0.2, 0.25) is 0 Å². The Bertz CT molecular complexity index is 841. The van der Waals surface area contributed by atoms with Crippen molar-refractivity contribution in [2.24, 2.45) is 11.8 Å². The summed E-state index contributed by atoms with van der Waals surface area (Å²) in [6.07, 6.45) is 3.80. The molecular weight excluding hydrogens is 440 g/mol. The summed E-state index contributed by atoms with van der Waals surface area (Å²) >= 11 is 0. The molecule has 0 saturated heterocycles. The molecule has 0 spiro atoms. The summed E-state index contributed by atoms with van der Waals surface area (Å²) in [6, 6.07) is 7.52. The van der Waals surface area contributed by atoms with Gasteiger partial charge in [0.1, 0.15) is 12.5 Å². The Morgan fingerprint density at radius 1 is 1.00 bits per heavy atom. The molecule has 0 aliphatic rings. The Labute approximate surface area is 200 Å². The lowest BCUT2D eigenvalue weighted by Crippen LogP contribution is -2.51. The number of hydrogen-bond acceptors (Lipinski definition) is 7. The highest BCUT2D eigenvalue weighted by atomic mass is 16.5. The first-order valence-electron chi connectivity index (χ1n) is 11.0. The number of aliphatic hydroxyl groups is 1. The predicted molar refractivity (Wildman–Crippen MR) is 126 cm³/mol. The van der Waals surface area contributed by atoms with Crippen LogP contribution in [-0.2, 0) is 35.1 Å². The van der Waals surface area contributed by atoms with E-state index in [1.807, 2.05) is 30.3 Å². The molecule has 0 fully saturated rings. The molecule has 1 unspecified atom stereocenters. The lowest BCUT2D eigenvalue weighted by Gasteiger charge is -2.22. The minimum absolute atomic E-state index is 0.00196. The molecule has 186 valence electrons. The molecule has 1 rings (SSSR count). The van der Waals surface area contributed by atoms with Gasteiger partial charge in [-0.1, -0.05) is 42.5 Å². The quantitative estimate of drug-likeness (QED) is 0.198. The van der Waals surface area contributed by atoms with E-state index in [-0.39, 0.29) is 13.0 Å². The van der Waals surface area contributed by atoms with Gasteiger partial charge in [0.15, 0.2) is 6.04 Å². The van der Waals surface area contributed by atoms with Gasteiger partial charge in [0, 0.05) is 6.04 Å². The number of nitrogens with one attached hydrogen (secondary N) is 2. The van der Waals surface area contributed by atoms with Crippen LogP contribution in [0.3, 0.4) is 0 Å². The molecule has 2 amide bonds. The molecule has 34 heavy (non-hydrogen) atoms. The Morgan fingerprint density at radius 3 is 2.18 bits per heavy atom. The van der Waals surface area contributed by atoms with Crippen LogP contribution in [0.5, 0.6) is 0 Å². The van der Waals surface area contributed by atoms with Crippen molar-refractivity contribution in [2.45, 2.75) is 38.3 Å². The fraction of sp³-hybridized carbons (Fsp3) is 0.440. The molecule has 0 aromatic heterocycles. The van der Waals surface area contributed by atoms with Crippen LogP contribution in [0, 0.1) is 11.8 Å². The number of hydrogen-bond donors (Lipinski definition) is 3. The monoisotopic (exact) mass is 474 g/mol. The zero-order chi connectivity index (χ0) is 25.5. The SMILES string of the molecule is C=CCC(C(=O)N[C@@H](C)CO)C(=O)N[C@H](COC(=O)[C@@H](CC=C)Cc1ccccc1)C(=O)OC. The maximum absolute atomic E-state index is 12.8. The molecule has 4 atom stereocenters. The van der Waals surface area contributed by atoms with Crippen molar-refractivity contribution in [3.05, 3.63) is 61.2 Å². The smallest absolute Gasteiger partial charge is 0.331 e. The average molecular weight is 475 g/mol. The van der Waals surface area contributed by atoms with Gasteiger partial charge in [-0.15, -0.1) is 13.2 Å². The van der Waals surface area contributed by atoms with Gasteiger partial charge >= 0.3 is 11.9 Å². The minimum Gasteiger partial charge on any atom is -0.467 e. The second-order valence-corrected chi connectivity index (χ2v) is 7.79. The van der Waals surface area contributed by atoms with Gasteiger partial charge in [-0.3, -0.25) is 14.4 Å². The van der Waals surface area contributed by atoms with Crippen LogP contribution in [0.4, 0.5) is 0 Å². The molecule has 3 N–H and O–H groups in total. The van der Waals surface area contributed by atoms with E-state index in [1.54, 1.807) is 13.0 Å². The van der Waals surface area contributed by atoms with Gasteiger partial charge < -0.3 is 25.2 Å². The molecule has 0 heterocycles. The fourth-order valence-corrected chi connectivity index (χ4v) is 3.12. The van der Waals surface area contributed by atoms with Gasteiger partial charge in [-0.2, -0.15) is 0 Å². The van der Waals surface area contributed by atoms with Gasteiger partial charge in [0.05, 0.1) is 19.6 Å². The van der Waals surface area contributed by atoms with Crippen LogP contribution in [-0.4, -0.2) is 61.3 Å². The number of rotatable bonds is 15. The Morgan fingerprint density at radius 2 is 1.62 bits per heavy atom. The fourth-order valence-electron chi connectivity index (χ4n) is 3.12. The van der Waals surface area contributed by atoms with Crippen molar-refractivity contribution < 1.29 is 33.8 Å². The van der Waals surface area contributed by atoms with E-state index in [9.17, 15) is 19.2 Å². The van der Waals surface area contributed by atoms with Crippen LogP contribution >= 0.6 is 0 Å². The van der Waals surface area contributed by atoms with Gasteiger partial charge in [0.2, 0.25) is 11.8 Å². The lowest BCUT2D eigenvalue weighted by molar-refractivity contribution is -0.155. The molecule has 0 radical (unpaired) electrons. The van der Waals surface area contributed by atoms with Crippen LogP contribution in [0.15, 0.2) is 55.6 Å². The van der Waals surface area contributed by atoms with Gasteiger partial charge in [-0.05, 0) is 31.7 Å². The molecule has 1 aromatic rings. The predicted octanol–water partition coefficient (Wildman–Crippen LogP) is 1.31. The summed E-state index contributed by atoms with van der Waals surface area (Å²) in [6.45, 7) is 8.04. The highest BCUT2D eigenvalue weighted by Crippen LogP contribution is 2.15. The third-order valence-corrected chi connectivity index (χ3v) is 5.00. The summed E-state index contributed by atoms with van der Waals surface area (Å²) in [5, 5.41) is 14.1. The molecule has 0 aliphatic heterocycles. The zero-order valence-corrected chi connectivity index (χ0v) is 19.7. The summed E-state index contributed by atoms with van der Waals surface area (Å²) < 4.78 is 10.1. The number of ether oxygens (including phenoxy) is 2. The van der Waals surface area contributed by atoms with Crippen molar-refractivity contribution in [1.29, 1.82) is 0 Å². The number of carbonyl (C=O) groups excluding carboxylic acids is 4. The Kier molecular flexibility index (Phi) is 12.9. The van der Waals surface area contributed by atoms with E-state index in [1.165, 1.54) is 6.08 Å². The van der Waals surface area contributed by atoms with Crippen molar-refractivity contribution >= 4 is 23.8 Å². The Balaban J connectivity index is 2.87.